The van der Waals surface area contributed by atoms with Crippen molar-refractivity contribution in [2.24, 2.45) is 0 Å². The van der Waals surface area contributed by atoms with E-state index in [0.29, 0.717) is 13.0 Å². The van der Waals surface area contributed by atoms with Crippen molar-refractivity contribution in [1.29, 1.82) is 0 Å². The summed E-state index contributed by atoms with van der Waals surface area (Å²) in [7, 11) is -2.73. The molecule has 0 radical (unpaired) electrons. The van der Waals surface area contributed by atoms with Crippen LogP contribution < -0.4 is 34.5 Å². The molecule has 2 atom stereocenters. The zero-order chi connectivity index (χ0) is 17.3. The first-order valence-corrected chi connectivity index (χ1v) is 10.7. The van der Waals surface area contributed by atoms with Gasteiger partial charge in [-0.2, -0.15) is 0 Å². The third-order valence-electron chi connectivity index (χ3n) is 4.10. The molecule has 0 aromatic heterocycles. The molecule has 0 saturated carbocycles. The summed E-state index contributed by atoms with van der Waals surface area (Å²) in [5.41, 5.74) is -0.948. The van der Waals surface area contributed by atoms with Gasteiger partial charge in [0, 0.05) is 6.42 Å². The van der Waals surface area contributed by atoms with Crippen LogP contribution in [0.4, 0.5) is 0 Å². The van der Waals surface area contributed by atoms with Crippen LogP contribution in [-0.4, -0.2) is 18.2 Å². The van der Waals surface area contributed by atoms with E-state index >= 15 is 0 Å². The minimum absolute atomic E-state index is 0. The Morgan fingerprint density at radius 3 is 1.88 bits per heavy atom. The summed E-state index contributed by atoms with van der Waals surface area (Å²) < 4.78 is 16.3. The summed E-state index contributed by atoms with van der Waals surface area (Å²) >= 11 is 0. The van der Waals surface area contributed by atoms with Crippen LogP contribution in [0.1, 0.15) is 98.7 Å². The van der Waals surface area contributed by atoms with Crippen molar-refractivity contribution < 1.29 is 50.0 Å². The molecule has 2 unspecified atom stereocenters. The van der Waals surface area contributed by atoms with Gasteiger partial charge in [0.25, 0.3) is 0 Å². The second kappa shape index (κ2) is 19.8. The van der Waals surface area contributed by atoms with Crippen molar-refractivity contribution in [3.8, 4) is 0 Å². The third kappa shape index (κ3) is 16.0. The standard InChI is InChI=1S/C18H35O4P.Na.H/c1-3-5-7-9-10-11-12-14-16-22-18(19)17(23(20)21)15-13-8-6-4-2;;/h17H,3-16H2,1-2H3;;/q;+1;-1. The molecule has 0 aromatic rings. The first-order valence-electron chi connectivity index (χ1n) is 9.43. The number of hydrogen-bond donors (Lipinski definition) is 0. The molecule has 24 heavy (non-hydrogen) atoms. The van der Waals surface area contributed by atoms with Crippen molar-refractivity contribution in [2.45, 2.75) is 103 Å². The molecule has 4 nitrogen and oxygen atoms in total. The van der Waals surface area contributed by atoms with Gasteiger partial charge in [0.05, 0.1) is 6.61 Å². The van der Waals surface area contributed by atoms with Crippen LogP contribution in [0.25, 0.3) is 0 Å². The number of carbonyl (C=O) groups excluding carboxylic acids is 1. The Labute approximate surface area is 173 Å². The Kier molecular flexibility index (Phi) is 22.1. The zero-order valence-electron chi connectivity index (χ0n) is 17.1. The molecule has 6 heteroatoms. The smallest absolute Gasteiger partial charge is 1.00 e. The molecule has 0 rings (SSSR count). The first kappa shape index (κ1) is 26.8. The second-order valence-corrected chi connectivity index (χ2v) is 7.49. The number of ether oxygens (including phenoxy) is 1. The van der Waals surface area contributed by atoms with Crippen LogP contribution in [0.5, 0.6) is 0 Å². The van der Waals surface area contributed by atoms with Crippen LogP contribution in [0.3, 0.4) is 0 Å². The van der Waals surface area contributed by atoms with Crippen LogP contribution in [-0.2, 0) is 14.1 Å². The molecule has 0 aliphatic heterocycles. The minimum Gasteiger partial charge on any atom is -1.00 e. The molecule has 0 spiro atoms. The molecule has 0 fully saturated rings. The topological polar surface area (TPSA) is 66.4 Å². The van der Waals surface area contributed by atoms with Crippen molar-refractivity contribution in [3.63, 3.8) is 0 Å². The van der Waals surface area contributed by atoms with Gasteiger partial charge in [-0.15, -0.1) is 0 Å². The van der Waals surface area contributed by atoms with Crippen LogP contribution in [0, 0.1) is 0 Å². The number of hydrogen-bond acceptors (Lipinski definition) is 4. The summed E-state index contributed by atoms with van der Waals surface area (Å²) in [5, 5.41) is 0. The summed E-state index contributed by atoms with van der Waals surface area (Å²) in [4.78, 5) is 23.1. The molecular weight excluding hydrogens is 334 g/mol. The number of esters is 1. The maximum absolute atomic E-state index is 11.8. The van der Waals surface area contributed by atoms with E-state index in [0.717, 1.165) is 44.9 Å². The van der Waals surface area contributed by atoms with E-state index in [1.54, 1.807) is 0 Å². The minimum atomic E-state index is -2.73. The third-order valence-corrected chi connectivity index (χ3v) is 5.08. The van der Waals surface area contributed by atoms with Gasteiger partial charge in [0.2, 0.25) is 5.66 Å². The summed E-state index contributed by atoms with van der Waals surface area (Å²) in [5.74, 6) is -0.555. The summed E-state index contributed by atoms with van der Waals surface area (Å²) in [6.45, 7) is 4.66. The van der Waals surface area contributed by atoms with Gasteiger partial charge < -0.3 is 11.1 Å². The van der Waals surface area contributed by atoms with E-state index in [4.69, 9.17) is 4.74 Å². The molecule has 0 saturated heterocycles. The van der Waals surface area contributed by atoms with Crippen molar-refractivity contribution in [1.82, 2.24) is 0 Å². The molecule has 0 bridgehead atoms. The Balaban J connectivity index is -0.00000242. The average molecular weight is 370 g/mol. The van der Waals surface area contributed by atoms with Crippen molar-refractivity contribution in [2.75, 3.05) is 6.61 Å². The Bertz CT molecular complexity index is 319. The molecule has 0 aliphatic rings. The van der Waals surface area contributed by atoms with Gasteiger partial charge in [-0.05, 0) is 12.8 Å². The van der Waals surface area contributed by atoms with Crippen molar-refractivity contribution >= 4 is 14.0 Å². The van der Waals surface area contributed by atoms with E-state index in [-0.39, 0.29) is 31.0 Å². The fourth-order valence-electron chi connectivity index (χ4n) is 2.58. The monoisotopic (exact) mass is 370 g/mol. The zero-order valence-corrected chi connectivity index (χ0v) is 19.0. The van der Waals surface area contributed by atoms with Crippen LogP contribution >= 0.6 is 8.03 Å². The normalized spacial score (nSPS) is 12.4. The van der Waals surface area contributed by atoms with Gasteiger partial charge in [0.1, 0.15) is 0 Å². The maximum atomic E-state index is 11.8. The molecule has 0 aliphatic carbocycles. The molecular formula is C18H36NaO4P. The van der Waals surface area contributed by atoms with Gasteiger partial charge in [-0.1, -0.05) is 82.6 Å². The van der Waals surface area contributed by atoms with Gasteiger partial charge in [-0.25, -0.2) is 4.79 Å². The first-order chi connectivity index (χ1) is 11.1. The predicted octanol–water partition coefficient (Wildman–Crippen LogP) is 2.23. The van der Waals surface area contributed by atoms with E-state index < -0.39 is 19.7 Å². The number of unbranched alkanes of at least 4 members (excludes halogenated alkanes) is 10. The summed E-state index contributed by atoms with van der Waals surface area (Å²) in [6, 6.07) is 0. The largest absolute Gasteiger partial charge is 1.00 e. The fraction of sp³-hybridized carbons (Fsp3) is 0.944. The predicted molar refractivity (Wildman–Crippen MR) is 94.8 cm³/mol. The molecule has 0 heterocycles. The Hall–Kier alpha value is 0.530. The second-order valence-electron chi connectivity index (χ2n) is 6.29. The van der Waals surface area contributed by atoms with Crippen LogP contribution in [0.15, 0.2) is 0 Å². The number of carbonyl (C=O) groups is 1. The number of rotatable bonds is 16. The fourth-order valence-corrected chi connectivity index (χ4v) is 3.22. The van der Waals surface area contributed by atoms with E-state index in [1.165, 1.54) is 32.1 Å². The van der Waals surface area contributed by atoms with Gasteiger partial charge in [0.15, 0.2) is 0 Å². The van der Waals surface area contributed by atoms with E-state index in [2.05, 4.69) is 13.8 Å². The molecule has 0 aromatic carbocycles. The Morgan fingerprint density at radius 1 is 0.917 bits per heavy atom. The van der Waals surface area contributed by atoms with E-state index in [1.807, 2.05) is 0 Å². The SMILES string of the molecule is CCCCCCCCCCOC(=O)C(CCCCCC)[P+](=O)[O-].[H-].[Na+]. The quantitative estimate of drug-likeness (QED) is 0.181. The molecule has 0 N–H and O–H groups in total. The van der Waals surface area contributed by atoms with Gasteiger partial charge >= 0.3 is 43.6 Å². The van der Waals surface area contributed by atoms with Crippen molar-refractivity contribution in [3.05, 3.63) is 0 Å². The maximum Gasteiger partial charge on any atom is 1.00 e. The van der Waals surface area contributed by atoms with Gasteiger partial charge in [-0.3, -0.25) is 0 Å². The molecule has 0 amide bonds. The average Bonchev–Trinajstić information content (AvgIpc) is 2.52. The Morgan fingerprint density at radius 2 is 1.38 bits per heavy atom. The van der Waals surface area contributed by atoms with Crippen LogP contribution in [0.2, 0.25) is 0 Å². The van der Waals surface area contributed by atoms with E-state index in [9.17, 15) is 14.3 Å². The molecule has 138 valence electrons. The summed E-state index contributed by atoms with van der Waals surface area (Å²) in [6.07, 6.45) is 13.8.